The van der Waals surface area contributed by atoms with Gasteiger partial charge in [0.05, 0.1) is 22.9 Å². The lowest BCUT2D eigenvalue weighted by molar-refractivity contribution is 0.624. The number of nitrogens with two attached hydrogens (primary N) is 1. The van der Waals surface area contributed by atoms with E-state index in [-0.39, 0.29) is 0 Å². The summed E-state index contributed by atoms with van der Waals surface area (Å²) in [6.45, 7) is 6.39. The van der Waals surface area contributed by atoms with E-state index in [2.05, 4.69) is 48.5 Å². The van der Waals surface area contributed by atoms with Crippen molar-refractivity contribution in [2.24, 2.45) is 0 Å². The topological polar surface area (TPSA) is 56.7 Å². The molecule has 20 heavy (non-hydrogen) atoms. The van der Waals surface area contributed by atoms with E-state index < -0.39 is 0 Å². The number of fused-ring (bicyclic) bond motifs is 1. The van der Waals surface area contributed by atoms with Crippen LogP contribution < -0.4 is 5.73 Å². The number of hydrogen-bond acceptors (Lipinski definition) is 3. The second kappa shape index (κ2) is 4.63. The molecule has 0 aliphatic heterocycles. The van der Waals surface area contributed by atoms with Crippen LogP contribution >= 0.6 is 0 Å². The van der Waals surface area contributed by atoms with Crippen molar-refractivity contribution in [1.29, 1.82) is 0 Å². The fourth-order valence-corrected chi connectivity index (χ4v) is 2.53. The third-order valence-electron chi connectivity index (χ3n) is 3.45. The molecule has 0 aliphatic carbocycles. The first-order chi connectivity index (χ1) is 9.58. The van der Waals surface area contributed by atoms with E-state index in [1.165, 1.54) is 5.56 Å². The van der Waals surface area contributed by atoms with Crippen molar-refractivity contribution in [2.75, 3.05) is 5.73 Å². The number of benzene rings is 1. The van der Waals surface area contributed by atoms with Gasteiger partial charge in [-0.2, -0.15) is 0 Å². The fraction of sp³-hybridized carbons (Fsp3) is 0.250. The van der Waals surface area contributed by atoms with Crippen LogP contribution in [0.15, 0.2) is 36.7 Å². The molecule has 2 aromatic heterocycles. The number of aryl methyl sites for hydroxylation is 1. The van der Waals surface area contributed by atoms with Crippen LogP contribution in [0.1, 0.15) is 25.5 Å². The van der Waals surface area contributed by atoms with Crippen LogP contribution in [0.2, 0.25) is 0 Å². The zero-order valence-corrected chi connectivity index (χ0v) is 12.0. The minimum atomic E-state index is 0.310. The van der Waals surface area contributed by atoms with Crippen molar-refractivity contribution in [1.82, 2.24) is 14.5 Å². The minimum Gasteiger partial charge on any atom is -0.397 e. The van der Waals surface area contributed by atoms with Gasteiger partial charge in [-0.1, -0.05) is 6.07 Å². The van der Waals surface area contributed by atoms with Crippen molar-refractivity contribution < 1.29 is 0 Å². The number of imidazole rings is 1. The average molecular weight is 266 g/mol. The molecule has 0 aliphatic rings. The van der Waals surface area contributed by atoms with E-state index in [4.69, 9.17) is 10.7 Å². The molecule has 3 rings (SSSR count). The Hall–Kier alpha value is -2.36. The summed E-state index contributed by atoms with van der Waals surface area (Å²) in [6.07, 6.45) is 3.42. The zero-order valence-electron chi connectivity index (χ0n) is 12.0. The predicted molar refractivity (Wildman–Crippen MR) is 82.5 cm³/mol. The summed E-state index contributed by atoms with van der Waals surface area (Å²) in [6, 6.07) is 8.57. The highest BCUT2D eigenvalue weighted by atomic mass is 15.1. The normalized spacial score (nSPS) is 11.4. The van der Waals surface area contributed by atoms with Gasteiger partial charge >= 0.3 is 0 Å². The van der Waals surface area contributed by atoms with Gasteiger partial charge < -0.3 is 10.3 Å². The van der Waals surface area contributed by atoms with Crippen molar-refractivity contribution in [3.05, 3.63) is 42.2 Å². The highest BCUT2D eigenvalue weighted by molar-refractivity contribution is 5.84. The monoisotopic (exact) mass is 266 g/mol. The Balaban J connectivity index is 2.35. The smallest absolute Gasteiger partial charge is 0.143 e. The molecule has 0 spiro atoms. The maximum Gasteiger partial charge on any atom is 0.143 e. The highest BCUT2D eigenvalue weighted by Gasteiger charge is 2.16. The van der Waals surface area contributed by atoms with Crippen LogP contribution in [0.25, 0.3) is 22.4 Å². The van der Waals surface area contributed by atoms with Gasteiger partial charge in [-0.3, -0.25) is 4.98 Å². The molecule has 2 N–H and O–H groups in total. The van der Waals surface area contributed by atoms with Gasteiger partial charge in [0.15, 0.2) is 0 Å². The molecule has 1 aromatic carbocycles. The molecule has 3 aromatic rings. The second-order valence-corrected chi connectivity index (χ2v) is 5.35. The lowest BCUT2D eigenvalue weighted by Gasteiger charge is -2.14. The predicted octanol–water partition coefficient (Wildman–Crippen LogP) is 3.57. The molecule has 0 bridgehead atoms. The van der Waals surface area contributed by atoms with Gasteiger partial charge in [0.1, 0.15) is 5.82 Å². The highest BCUT2D eigenvalue weighted by Crippen LogP contribution is 2.31. The SMILES string of the molecule is Cc1ccc2c(c1)nc(-c1ccncc1N)n2C(C)C. The van der Waals surface area contributed by atoms with E-state index in [1.54, 1.807) is 12.4 Å². The molecular formula is C16H18N4. The zero-order chi connectivity index (χ0) is 14.3. The van der Waals surface area contributed by atoms with Crippen LogP contribution in [0.3, 0.4) is 0 Å². The second-order valence-electron chi connectivity index (χ2n) is 5.35. The summed E-state index contributed by atoms with van der Waals surface area (Å²) in [5.74, 6) is 0.903. The van der Waals surface area contributed by atoms with Crippen molar-refractivity contribution in [2.45, 2.75) is 26.8 Å². The van der Waals surface area contributed by atoms with Gasteiger partial charge in [-0.25, -0.2) is 4.98 Å². The quantitative estimate of drug-likeness (QED) is 0.771. The van der Waals surface area contributed by atoms with Gasteiger partial charge in [-0.05, 0) is 44.5 Å². The van der Waals surface area contributed by atoms with E-state index in [9.17, 15) is 0 Å². The van der Waals surface area contributed by atoms with E-state index in [0.717, 1.165) is 22.4 Å². The van der Waals surface area contributed by atoms with E-state index in [1.807, 2.05) is 6.07 Å². The number of hydrogen-bond donors (Lipinski definition) is 1. The molecule has 4 heteroatoms. The Bertz CT molecular complexity index is 771. The van der Waals surface area contributed by atoms with Gasteiger partial charge in [0, 0.05) is 17.8 Å². The van der Waals surface area contributed by atoms with Crippen LogP contribution in [0, 0.1) is 6.92 Å². The molecule has 0 unspecified atom stereocenters. The summed E-state index contributed by atoms with van der Waals surface area (Å²) in [7, 11) is 0. The molecule has 0 saturated carbocycles. The Morgan fingerprint density at radius 3 is 2.70 bits per heavy atom. The third kappa shape index (κ3) is 1.93. The maximum atomic E-state index is 6.06. The molecule has 4 nitrogen and oxygen atoms in total. The van der Waals surface area contributed by atoms with Gasteiger partial charge in [-0.15, -0.1) is 0 Å². The van der Waals surface area contributed by atoms with Crippen molar-refractivity contribution >= 4 is 16.7 Å². The number of anilines is 1. The summed E-state index contributed by atoms with van der Waals surface area (Å²) < 4.78 is 2.22. The van der Waals surface area contributed by atoms with Crippen LogP contribution in [0.4, 0.5) is 5.69 Å². The molecule has 0 fully saturated rings. The molecular weight excluding hydrogens is 248 g/mol. The Kier molecular flexibility index (Phi) is 2.93. The summed E-state index contributed by atoms with van der Waals surface area (Å²) in [5.41, 5.74) is 11.0. The molecule has 2 heterocycles. The van der Waals surface area contributed by atoms with Gasteiger partial charge in [0.25, 0.3) is 0 Å². The lowest BCUT2D eigenvalue weighted by Crippen LogP contribution is -2.04. The standard InChI is InChI=1S/C16H18N4/c1-10(2)20-15-5-4-11(3)8-14(15)19-16(20)12-6-7-18-9-13(12)17/h4-10H,17H2,1-3H3. The third-order valence-corrected chi connectivity index (χ3v) is 3.45. The first-order valence-corrected chi connectivity index (χ1v) is 6.76. The molecule has 102 valence electrons. The minimum absolute atomic E-state index is 0.310. The van der Waals surface area contributed by atoms with E-state index in [0.29, 0.717) is 11.7 Å². The Labute approximate surface area is 118 Å². The average Bonchev–Trinajstić information content (AvgIpc) is 2.77. The summed E-state index contributed by atoms with van der Waals surface area (Å²) >= 11 is 0. The molecule has 0 amide bonds. The maximum absolute atomic E-state index is 6.06. The van der Waals surface area contributed by atoms with E-state index >= 15 is 0 Å². The molecule has 0 saturated heterocycles. The number of pyridine rings is 1. The first-order valence-electron chi connectivity index (χ1n) is 6.76. The van der Waals surface area contributed by atoms with Gasteiger partial charge in [0.2, 0.25) is 0 Å². The molecule has 0 radical (unpaired) electrons. The fourth-order valence-electron chi connectivity index (χ4n) is 2.53. The van der Waals surface area contributed by atoms with Crippen LogP contribution in [-0.4, -0.2) is 14.5 Å². The van der Waals surface area contributed by atoms with Crippen molar-refractivity contribution in [3.63, 3.8) is 0 Å². The summed E-state index contributed by atoms with van der Waals surface area (Å²) in [5, 5.41) is 0. The van der Waals surface area contributed by atoms with Crippen molar-refractivity contribution in [3.8, 4) is 11.4 Å². The Morgan fingerprint density at radius 1 is 1.20 bits per heavy atom. The van der Waals surface area contributed by atoms with Crippen LogP contribution in [-0.2, 0) is 0 Å². The lowest BCUT2D eigenvalue weighted by atomic mass is 10.2. The first kappa shape index (κ1) is 12.7. The Morgan fingerprint density at radius 2 is 2.00 bits per heavy atom. The number of aromatic nitrogens is 3. The number of nitrogen functional groups attached to an aromatic ring is 1. The number of nitrogens with zero attached hydrogens (tertiary/aromatic N) is 3. The summed E-state index contributed by atoms with van der Waals surface area (Å²) in [4.78, 5) is 8.83. The molecule has 0 atom stereocenters. The van der Waals surface area contributed by atoms with Crippen LogP contribution in [0.5, 0.6) is 0 Å². The number of rotatable bonds is 2. The largest absolute Gasteiger partial charge is 0.397 e.